The first kappa shape index (κ1) is 55.6. The lowest BCUT2D eigenvalue weighted by Gasteiger charge is -2.26. The molecule has 9 heterocycles. The Kier molecular flexibility index (Phi) is 15.3. The Labute approximate surface area is 421 Å². The second kappa shape index (κ2) is 20.9. The third-order valence-corrected chi connectivity index (χ3v) is 17.0. The molecule has 3 aliphatic rings. The summed E-state index contributed by atoms with van der Waals surface area (Å²) in [7, 11) is -19.4. The number of H-pyrrole nitrogens is 2. The second-order valence-electron chi connectivity index (χ2n) is 16.7. The number of aromatic nitrogens is 12. The van der Waals surface area contributed by atoms with Crippen LogP contribution in [-0.4, -0.2) is 182 Å². The maximum absolute atomic E-state index is 13.7. The lowest BCUT2D eigenvalue weighted by atomic mass is 10.1. The van der Waals surface area contributed by atoms with Gasteiger partial charge in [0, 0.05) is 14.2 Å². The van der Waals surface area contributed by atoms with Crippen LogP contribution in [0, 0.1) is 0 Å². The number of nitrogens with two attached hydrogens (primary N) is 2. The Morgan fingerprint density at radius 1 is 0.697 bits per heavy atom. The SMILES string of the molecule is CNc1ncnc2c1ncn2[C@@H]1O[C@H](COP(=O)(O)OP(=O)(O)OP(=O)(O)OC[C@H]2O[C@@H]([n+]3cn(C)c4c(=O)[nH]c(N)nc43)[C@@H](O)C2O)[C@H](OP(=O)(O)OC[C@H]2O[C@@H](n3cnc4c(=O)[nH]c(N)nc43)[C@@H](O)C2O)C1OC. The molecule has 9 rings (SSSR count). The molecule has 0 spiro atoms. The molecule has 0 aromatic carbocycles. The number of hydrogen-bond acceptors (Lipinski definition) is 29. The fraction of sp³-hybridized carbons (Fsp3) is 0.545. The van der Waals surface area contributed by atoms with Crippen molar-refractivity contribution in [1.82, 2.24) is 53.6 Å². The Bertz CT molecular complexity index is 3490. The van der Waals surface area contributed by atoms with Gasteiger partial charge in [0.15, 0.2) is 41.4 Å². The van der Waals surface area contributed by atoms with Crippen LogP contribution in [0.4, 0.5) is 17.7 Å². The highest BCUT2D eigenvalue weighted by Crippen LogP contribution is 2.68. The van der Waals surface area contributed by atoms with E-state index >= 15 is 0 Å². The van der Waals surface area contributed by atoms with Crippen LogP contribution in [0.3, 0.4) is 0 Å². The van der Waals surface area contributed by atoms with E-state index in [1.54, 1.807) is 0 Å². The molecule has 43 heteroatoms. The van der Waals surface area contributed by atoms with Gasteiger partial charge in [-0.25, -0.2) is 42.8 Å². The number of anilines is 3. The summed E-state index contributed by atoms with van der Waals surface area (Å²) < 4.78 is 109. The first-order chi connectivity index (χ1) is 35.7. The molecule has 416 valence electrons. The average Bonchev–Trinajstić information content (AvgIpc) is 4.19. The van der Waals surface area contributed by atoms with Gasteiger partial charge < -0.3 is 75.7 Å². The molecular formula is C33H46N15O24P4+. The molecule has 0 saturated carbocycles. The van der Waals surface area contributed by atoms with Gasteiger partial charge in [-0.1, -0.05) is 4.98 Å². The summed E-state index contributed by atoms with van der Waals surface area (Å²) in [6.07, 6.45) is -15.5. The number of aliphatic hydroxyl groups excluding tert-OH is 4. The number of nitrogens with zero attached hydrogens (tertiary/aromatic N) is 10. The number of ether oxygens (including phenoxy) is 4. The number of fused-ring (bicyclic) bond motifs is 3. The molecule has 6 aromatic rings. The highest BCUT2D eigenvalue weighted by atomic mass is 31.3. The molecule has 6 aromatic heterocycles. The Morgan fingerprint density at radius 3 is 1.92 bits per heavy atom. The molecule has 0 bridgehead atoms. The van der Waals surface area contributed by atoms with Gasteiger partial charge in [-0.3, -0.25) is 51.4 Å². The van der Waals surface area contributed by atoms with Crippen molar-refractivity contribution in [2.24, 2.45) is 7.05 Å². The molecule has 3 saturated heterocycles. The zero-order valence-electron chi connectivity index (χ0n) is 38.9. The zero-order valence-corrected chi connectivity index (χ0v) is 42.5. The zero-order chi connectivity index (χ0) is 55.0. The van der Waals surface area contributed by atoms with E-state index in [0.717, 1.165) is 28.9 Å². The van der Waals surface area contributed by atoms with E-state index in [-0.39, 0.29) is 51.2 Å². The first-order valence-corrected chi connectivity index (χ1v) is 27.6. The van der Waals surface area contributed by atoms with E-state index in [9.17, 15) is 67.8 Å². The molecule has 0 radical (unpaired) electrons. The summed E-state index contributed by atoms with van der Waals surface area (Å²) in [5.41, 5.74) is 9.73. The maximum Gasteiger partial charge on any atom is 0.490 e. The molecule has 16 atom stereocenters. The van der Waals surface area contributed by atoms with E-state index in [1.807, 2.05) is 0 Å². The van der Waals surface area contributed by atoms with Crippen LogP contribution in [0.1, 0.15) is 18.7 Å². The lowest BCUT2D eigenvalue weighted by Crippen LogP contribution is -2.46. The highest BCUT2D eigenvalue weighted by molar-refractivity contribution is 7.66. The molecule has 0 aliphatic carbocycles. The molecule has 3 fully saturated rings. The third kappa shape index (κ3) is 11.0. The van der Waals surface area contributed by atoms with E-state index in [0.29, 0.717) is 0 Å². The maximum atomic E-state index is 13.7. The van der Waals surface area contributed by atoms with Crippen LogP contribution in [0.15, 0.2) is 34.9 Å². The molecular weight excluding hydrogens is 1110 g/mol. The molecule has 3 aliphatic heterocycles. The predicted octanol–water partition coefficient (Wildman–Crippen LogP) is -4.25. The van der Waals surface area contributed by atoms with Gasteiger partial charge in [0.05, 0.1) is 39.5 Å². The molecule has 0 amide bonds. The van der Waals surface area contributed by atoms with E-state index in [2.05, 4.69) is 53.8 Å². The standard InChI is InChI=1S/C33H45N15O24P4/c1-36-23-14-24(38-7-37-23)46(8-39-14)31-22(63-3)21(70-73(55,56)64-4-11-17(49)19(51)29(67-11)47-9-40-15-25(47)41-32(34)43-27(15)53)13(69-31)6-66-75(59,60)72-76(61,62)71-74(57,58)65-5-12-18(50)20(52)30(68-12)48-10-45(2)16-26(48)42-33(35)44-28(16)54/h7-13,17-22,29-31,49-52H,4-6H2,1-3H3,(H10-,34,35,36,37,38,41,42,43,44,53,54,55,56,57,58,59,60,61,62)/p+1/t11-,12-,13-,17?,18?,19+,20+,21+,22?,29-,30-,31-/m1/s1. The Morgan fingerprint density at radius 2 is 1.26 bits per heavy atom. The lowest BCUT2D eigenvalue weighted by molar-refractivity contribution is -0.745. The van der Waals surface area contributed by atoms with Crippen molar-refractivity contribution in [2.45, 2.75) is 73.6 Å². The third-order valence-electron chi connectivity index (χ3n) is 11.8. The van der Waals surface area contributed by atoms with Gasteiger partial charge in [0.25, 0.3) is 17.1 Å². The molecule has 15 N–H and O–H groups in total. The fourth-order valence-electron chi connectivity index (χ4n) is 8.45. The van der Waals surface area contributed by atoms with Crippen LogP contribution in [0.5, 0.6) is 0 Å². The molecule has 76 heavy (non-hydrogen) atoms. The predicted molar refractivity (Wildman–Crippen MR) is 244 cm³/mol. The summed E-state index contributed by atoms with van der Waals surface area (Å²) in [6, 6.07) is 0. The largest absolute Gasteiger partial charge is 0.490 e. The van der Waals surface area contributed by atoms with Crippen LogP contribution in [0.2, 0.25) is 0 Å². The number of phosphoric ester groups is 3. The highest BCUT2D eigenvalue weighted by Gasteiger charge is 2.54. The van der Waals surface area contributed by atoms with Gasteiger partial charge in [-0.05, 0) is 0 Å². The number of rotatable bonds is 20. The Balaban J connectivity index is 0.868. The number of methoxy groups -OCH3 is 1. The van der Waals surface area contributed by atoms with Crippen molar-refractivity contribution in [3.63, 3.8) is 0 Å². The van der Waals surface area contributed by atoms with Crippen LogP contribution >= 0.6 is 31.3 Å². The normalized spacial score (nSPS) is 30.2. The van der Waals surface area contributed by atoms with Gasteiger partial charge in [0.1, 0.15) is 66.8 Å². The van der Waals surface area contributed by atoms with Gasteiger partial charge in [0.2, 0.25) is 17.7 Å². The number of nitrogens with one attached hydrogen (secondary N) is 3. The second-order valence-corrected chi connectivity index (χ2v) is 22.7. The quantitative estimate of drug-likeness (QED) is 0.0254. The number of imidazole rings is 3. The average molecular weight is 1160 g/mol. The number of aryl methyl sites for hydroxylation is 1. The Hall–Kier alpha value is -5.15. The van der Waals surface area contributed by atoms with E-state index < -0.39 is 136 Å². The van der Waals surface area contributed by atoms with Crippen LogP contribution in [-0.2, 0) is 71.0 Å². The number of phosphoric acid groups is 4. The smallest absolute Gasteiger partial charge is 0.387 e. The number of nitrogen functional groups attached to an aromatic ring is 2. The van der Waals surface area contributed by atoms with Gasteiger partial charge in [-0.15, -0.1) is 0 Å². The number of hydrogen-bond donors (Lipinski definition) is 13. The van der Waals surface area contributed by atoms with Crippen molar-refractivity contribution < 1.29 is 108 Å². The minimum absolute atomic E-state index is 0.0219. The summed E-state index contributed by atoms with van der Waals surface area (Å²) >= 11 is 0. The van der Waals surface area contributed by atoms with Crippen molar-refractivity contribution in [2.75, 3.05) is 50.8 Å². The fourth-order valence-corrected chi connectivity index (χ4v) is 12.9. The minimum Gasteiger partial charge on any atom is -0.387 e. The van der Waals surface area contributed by atoms with Crippen molar-refractivity contribution >= 4 is 82.5 Å². The van der Waals surface area contributed by atoms with Crippen molar-refractivity contribution in [3.05, 3.63) is 46.0 Å². The van der Waals surface area contributed by atoms with E-state index in [1.165, 1.54) is 35.9 Å². The topological polar surface area (TPSA) is 548 Å². The summed E-state index contributed by atoms with van der Waals surface area (Å²) in [4.78, 5) is 96.2. The molecule has 39 nitrogen and oxygen atoms in total. The van der Waals surface area contributed by atoms with Crippen molar-refractivity contribution in [1.29, 1.82) is 0 Å². The summed E-state index contributed by atoms with van der Waals surface area (Å²) in [5.74, 6) is -0.373. The number of aliphatic hydroxyl groups is 4. The van der Waals surface area contributed by atoms with Crippen LogP contribution < -0.4 is 32.5 Å². The number of aromatic amines is 2. The van der Waals surface area contributed by atoms with E-state index in [4.69, 9.17) is 48.5 Å². The van der Waals surface area contributed by atoms with Crippen molar-refractivity contribution in [3.8, 4) is 0 Å². The van der Waals surface area contributed by atoms with Gasteiger partial charge >= 0.3 is 36.9 Å². The molecule has 7 unspecified atom stereocenters. The van der Waals surface area contributed by atoms with Gasteiger partial charge in [-0.2, -0.15) is 13.6 Å². The summed E-state index contributed by atoms with van der Waals surface area (Å²) in [6.45, 7) is -3.38. The monoisotopic (exact) mass is 1160 g/mol. The first-order valence-electron chi connectivity index (χ1n) is 21.6. The summed E-state index contributed by atoms with van der Waals surface area (Å²) in [5, 5.41) is 46.0. The van der Waals surface area contributed by atoms with Crippen LogP contribution in [0.25, 0.3) is 33.5 Å². The minimum atomic E-state index is -6.20.